The maximum absolute atomic E-state index is 6.76. The highest BCUT2D eigenvalue weighted by Crippen LogP contribution is 2.56. The first-order valence-corrected chi connectivity index (χ1v) is 24.7. The number of fused-ring (bicyclic) bond motifs is 2. The van der Waals surface area contributed by atoms with E-state index < -0.39 is 5.41 Å². The fourth-order valence-electron chi connectivity index (χ4n) is 10.2. The lowest BCUT2D eigenvalue weighted by Crippen LogP contribution is -2.34. The van der Waals surface area contributed by atoms with E-state index in [0.717, 1.165) is 89.4 Å². The molecular weight excluding hydrogens is 905 g/mol. The molecular formula is C67H44N6O. The van der Waals surface area contributed by atoms with E-state index in [-0.39, 0.29) is 0 Å². The van der Waals surface area contributed by atoms with Gasteiger partial charge in [0.15, 0.2) is 34.9 Å². The molecule has 3 heterocycles. The lowest BCUT2D eigenvalue weighted by atomic mass is 9.63. The van der Waals surface area contributed by atoms with E-state index in [2.05, 4.69) is 133 Å². The van der Waals surface area contributed by atoms with E-state index in [1.165, 1.54) is 0 Å². The second kappa shape index (κ2) is 19.0. The molecule has 0 saturated heterocycles. The molecule has 74 heavy (non-hydrogen) atoms. The normalized spacial score (nSPS) is 12.3. The van der Waals surface area contributed by atoms with Crippen LogP contribution in [0.3, 0.4) is 0 Å². The van der Waals surface area contributed by atoms with Crippen LogP contribution in [0.15, 0.2) is 267 Å². The van der Waals surface area contributed by atoms with Gasteiger partial charge in [-0.25, -0.2) is 29.9 Å². The Bertz CT molecular complexity index is 3620. The molecule has 7 heteroatoms. The summed E-state index contributed by atoms with van der Waals surface area (Å²) in [4.78, 5) is 30.2. The predicted octanol–water partition coefficient (Wildman–Crippen LogP) is 15.9. The number of hydrogen-bond acceptors (Lipinski definition) is 7. The van der Waals surface area contributed by atoms with E-state index >= 15 is 0 Å². The van der Waals surface area contributed by atoms with Crippen molar-refractivity contribution in [3.05, 3.63) is 289 Å². The first kappa shape index (κ1) is 44.0. The fourth-order valence-corrected chi connectivity index (χ4v) is 10.2. The van der Waals surface area contributed by atoms with Crippen LogP contribution < -0.4 is 4.74 Å². The van der Waals surface area contributed by atoms with Crippen LogP contribution in [0.2, 0.25) is 0 Å². The molecule has 0 unspecified atom stereocenters. The fraction of sp³-hybridized carbons (Fsp3) is 0.0149. The highest BCUT2D eigenvalue weighted by molar-refractivity contribution is 5.78. The molecule has 13 rings (SSSR count). The summed E-state index contributed by atoms with van der Waals surface area (Å²) in [6, 6.07) is 92.0. The summed E-state index contributed by atoms with van der Waals surface area (Å²) in [7, 11) is 0. The number of nitrogens with zero attached hydrogens (tertiary/aromatic N) is 6. The third kappa shape index (κ3) is 8.18. The van der Waals surface area contributed by atoms with Gasteiger partial charge < -0.3 is 4.74 Å². The molecule has 0 radical (unpaired) electrons. The third-order valence-corrected chi connectivity index (χ3v) is 13.7. The van der Waals surface area contributed by atoms with Crippen LogP contribution in [-0.2, 0) is 5.41 Å². The summed E-state index contributed by atoms with van der Waals surface area (Å²) in [5.41, 5.74) is 13.2. The molecule has 0 spiro atoms. The van der Waals surface area contributed by atoms with Gasteiger partial charge in [-0.1, -0.05) is 231 Å². The van der Waals surface area contributed by atoms with Crippen molar-refractivity contribution in [1.82, 2.24) is 29.9 Å². The number of rotatable bonds is 10. The Hall–Kier alpha value is -9.98. The van der Waals surface area contributed by atoms with Crippen LogP contribution in [-0.4, -0.2) is 29.9 Å². The van der Waals surface area contributed by atoms with E-state index in [0.29, 0.717) is 34.9 Å². The van der Waals surface area contributed by atoms with Crippen molar-refractivity contribution in [1.29, 1.82) is 0 Å². The quantitative estimate of drug-likeness (QED) is 0.135. The van der Waals surface area contributed by atoms with E-state index in [1.54, 1.807) is 0 Å². The monoisotopic (exact) mass is 948 g/mol. The average Bonchev–Trinajstić information content (AvgIpc) is 3.49. The lowest BCUT2D eigenvalue weighted by Gasteiger charge is -2.41. The number of para-hydroxylation sites is 2. The van der Waals surface area contributed by atoms with Crippen molar-refractivity contribution in [2.45, 2.75) is 5.41 Å². The average molecular weight is 949 g/mol. The summed E-state index contributed by atoms with van der Waals surface area (Å²) in [6.45, 7) is 0. The Morgan fingerprint density at radius 2 is 0.473 bits per heavy atom. The van der Waals surface area contributed by atoms with E-state index in [9.17, 15) is 0 Å². The van der Waals surface area contributed by atoms with Crippen molar-refractivity contribution in [3.8, 4) is 102 Å². The van der Waals surface area contributed by atoms with Crippen LogP contribution in [0, 0.1) is 0 Å². The highest BCUT2D eigenvalue weighted by Gasteiger charge is 2.45. The van der Waals surface area contributed by atoms with Crippen molar-refractivity contribution in [2.24, 2.45) is 0 Å². The van der Waals surface area contributed by atoms with Crippen molar-refractivity contribution in [3.63, 3.8) is 0 Å². The molecule has 0 atom stereocenters. The molecule has 7 nitrogen and oxygen atoms in total. The van der Waals surface area contributed by atoms with Gasteiger partial charge in [0.25, 0.3) is 0 Å². The van der Waals surface area contributed by atoms with Crippen LogP contribution in [0.4, 0.5) is 0 Å². The smallest absolute Gasteiger partial charge is 0.164 e. The maximum atomic E-state index is 6.76. The Kier molecular flexibility index (Phi) is 11.3. The molecule has 10 aromatic carbocycles. The standard InChI is InChI=1S/C67H44N6O/c1-5-21-45(22-6-1)61-68-62(46-23-7-2-8-24-46)71-65(70-61)53-33-17-29-49(41-53)51-31-19-35-55(43-51)67(57-37-13-15-39-59(57)74-60-40-16-14-38-58(60)67)56-36-20-32-52(44-56)50-30-18-34-54(42-50)66-72-63(47-25-9-3-10-26-47)69-64(73-66)48-27-11-4-12-28-48/h1-44H. The minimum Gasteiger partial charge on any atom is -0.457 e. The lowest BCUT2D eigenvalue weighted by molar-refractivity contribution is 0.434. The zero-order valence-electron chi connectivity index (χ0n) is 40.0. The molecule has 2 aromatic heterocycles. The number of hydrogen-bond donors (Lipinski definition) is 0. The number of benzene rings is 10. The van der Waals surface area contributed by atoms with Crippen molar-refractivity contribution < 1.29 is 4.74 Å². The first-order chi connectivity index (χ1) is 36.6. The minimum atomic E-state index is -0.792. The van der Waals surface area contributed by atoms with E-state index in [1.807, 2.05) is 133 Å². The summed E-state index contributed by atoms with van der Waals surface area (Å²) in [5.74, 6) is 5.30. The van der Waals surface area contributed by atoms with Gasteiger partial charge in [-0.15, -0.1) is 0 Å². The predicted molar refractivity (Wildman–Crippen MR) is 295 cm³/mol. The second-order valence-corrected chi connectivity index (χ2v) is 18.2. The van der Waals surface area contributed by atoms with Gasteiger partial charge in [-0.05, 0) is 69.8 Å². The molecule has 0 fully saturated rings. The molecule has 348 valence electrons. The minimum absolute atomic E-state index is 0.601. The van der Waals surface area contributed by atoms with Gasteiger partial charge in [0.1, 0.15) is 11.5 Å². The maximum Gasteiger partial charge on any atom is 0.164 e. The summed E-state index contributed by atoms with van der Waals surface area (Å²) < 4.78 is 6.76. The van der Waals surface area contributed by atoms with Crippen LogP contribution in [0.1, 0.15) is 22.3 Å². The summed E-state index contributed by atoms with van der Waals surface area (Å²) in [6.07, 6.45) is 0. The van der Waals surface area contributed by atoms with Gasteiger partial charge in [0.05, 0.1) is 5.41 Å². The number of ether oxygens (including phenoxy) is 1. The Morgan fingerprint density at radius 3 is 0.824 bits per heavy atom. The SMILES string of the molecule is c1ccc(-c2nc(-c3ccccc3)nc(-c3cccc(-c4cccc(C5(c6cccc(-c7cccc(-c8nc(-c9ccccc9)nc(-c9ccccc9)n8)c7)c6)c6ccccc6Oc6ccccc65)c4)c3)n2)cc1. The summed E-state index contributed by atoms with van der Waals surface area (Å²) in [5, 5.41) is 0. The van der Waals surface area contributed by atoms with Crippen LogP contribution in [0.25, 0.3) is 90.6 Å². The molecule has 12 aromatic rings. The Labute approximate surface area is 429 Å². The molecule has 1 aliphatic rings. The molecule has 0 N–H and O–H groups in total. The zero-order valence-corrected chi connectivity index (χ0v) is 40.0. The molecule has 1 aliphatic heterocycles. The van der Waals surface area contributed by atoms with Crippen molar-refractivity contribution >= 4 is 0 Å². The molecule has 0 amide bonds. The van der Waals surface area contributed by atoms with E-state index in [4.69, 9.17) is 34.6 Å². The van der Waals surface area contributed by atoms with Gasteiger partial charge >= 0.3 is 0 Å². The van der Waals surface area contributed by atoms with Gasteiger partial charge in [0.2, 0.25) is 0 Å². The molecule has 0 saturated carbocycles. The Morgan fingerprint density at radius 1 is 0.216 bits per heavy atom. The Balaban J connectivity index is 0.945. The zero-order chi connectivity index (χ0) is 49.3. The molecule has 0 bridgehead atoms. The van der Waals surface area contributed by atoms with Crippen LogP contribution >= 0.6 is 0 Å². The first-order valence-electron chi connectivity index (χ1n) is 24.7. The molecule has 0 aliphatic carbocycles. The highest BCUT2D eigenvalue weighted by atomic mass is 16.5. The van der Waals surface area contributed by atoms with Crippen LogP contribution in [0.5, 0.6) is 11.5 Å². The largest absolute Gasteiger partial charge is 0.457 e. The van der Waals surface area contributed by atoms with Crippen molar-refractivity contribution in [2.75, 3.05) is 0 Å². The topological polar surface area (TPSA) is 86.6 Å². The third-order valence-electron chi connectivity index (χ3n) is 13.7. The van der Waals surface area contributed by atoms with Gasteiger partial charge in [-0.3, -0.25) is 0 Å². The summed E-state index contributed by atoms with van der Waals surface area (Å²) >= 11 is 0. The second-order valence-electron chi connectivity index (χ2n) is 18.2. The van der Waals surface area contributed by atoms with Gasteiger partial charge in [0, 0.05) is 44.5 Å². The number of aromatic nitrogens is 6. The van der Waals surface area contributed by atoms with Gasteiger partial charge in [-0.2, -0.15) is 0 Å².